The number of hydrogen-bond donors (Lipinski definition) is 1. The second-order valence-corrected chi connectivity index (χ2v) is 8.84. The summed E-state index contributed by atoms with van der Waals surface area (Å²) in [6.45, 7) is 4.31. The minimum absolute atomic E-state index is 0.0671. The van der Waals surface area contributed by atoms with E-state index >= 15 is 0 Å². The van der Waals surface area contributed by atoms with Crippen molar-refractivity contribution in [2.45, 2.75) is 31.6 Å². The average Bonchev–Trinajstić information content (AvgIpc) is 3.02. The summed E-state index contributed by atoms with van der Waals surface area (Å²) < 4.78 is 26.3. The van der Waals surface area contributed by atoms with Crippen molar-refractivity contribution in [1.82, 2.24) is 20.1 Å². The van der Waals surface area contributed by atoms with Crippen LogP contribution in [0.3, 0.4) is 0 Å². The molecule has 3 aromatic rings. The first kappa shape index (κ1) is 20.7. The molecule has 7 nitrogen and oxygen atoms in total. The third kappa shape index (κ3) is 5.08. The normalized spacial score (nSPS) is 11.4. The van der Waals surface area contributed by atoms with Crippen molar-refractivity contribution in [3.63, 3.8) is 0 Å². The first-order valence-corrected chi connectivity index (χ1v) is 11.0. The Morgan fingerprint density at radius 2 is 1.79 bits per heavy atom. The van der Waals surface area contributed by atoms with Crippen LogP contribution in [-0.2, 0) is 21.1 Å². The van der Waals surface area contributed by atoms with E-state index in [1.807, 2.05) is 32.0 Å². The number of nitrogens with one attached hydrogen (secondary N) is 1. The number of hydrogen-bond acceptors (Lipinski definition) is 5. The van der Waals surface area contributed by atoms with Gasteiger partial charge in [-0.3, -0.25) is 4.79 Å². The zero-order valence-electron chi connectivity index (χ0n) is 16.5. The standard InChI is InChI=1S/C21H24N4O3S/c1-16-19(17(2)25(24-16)20-10-6-7-13-22-20)11-14-23-21(26)12-15-29(27,28)18-8-4-3-5-9-18/h3-10,13H,11-12,14-15H2,1-2H3,(H,23,26). The van der Waals surface area contributed by atoms with Gasteiger partial charge in [0, 0.05) is 24.9 Å². The van der Waals surface area contributed by atoms with E-state index in [0.29, 0.717) is 13.0 Å². The Morgan fingerprint density at radius 1 is 1.07 bits per heavy atom. The predicted octanol–water partition coefficient (Wildman–Crippen LogP) is 2.41. The van der Waals surface area contributed by atoms with Gasteiger partial charge in [-0.05, 0) is 50.1 Å². The van der Waals surface area contributed by atoms with Crippen LogP contribution in [0.2, 0.25) is 0 Å². The number of benzene rings is 1. The highest BCUT2D eigenvalue weighted by Crippen LogP contribution is 2.17. The highest BCUT2D eigenvalue weighted by molar-refractivity contribution is 7.91. The lowest BCUT2D eigenvalue weighted by atomic mass is 10.1. The topological polar surface area (TPSA) is 93.9 Å². The molecular formula is C21H24N4O3S. The highest BCUT2D eigenvalue weighted by Gasteiger charge is 2.17. The van der Waals surface area contributed by atoms with E-state index in [1.165, 1.54) is 12.1 Å². The van der Waals surface area contributed by atoms with E-state index in [0.717, 1.165) is 22.8 Å². The number of aromatic nitrogens is 3. The van der Waals surface area contributed by atoms with Crippen LogP contribution in [-0.4, -0.2) is 41.4 Å². The van der Waals surface area contributed by atoms with Gasteiger partial charge in [-0.1, -0.05) is 24.3 Å². The Balaban J connectivity index is 1.54. The fraction of sp³-hybridized carbons (Fsp3) is 0.286. The molecule has 29 heavy (non-hydrogen) atoms. The SMILES string of the molecule is Cc1nn(-c2ccccn2)c(C)c1CCNC(=O)CCS(=O)(=O)c1ccccc1. The van der Waals surface area contributed by atoms with Crippen molar-refractivity contribution in [2.75, 3.05) is 12.3 Å². The molecule has 0 aliphatic heterocycles. The summed E-state index contributed by atoms with van der Waals surface area (Å²) in [5.41, 5.74) is 2.91. The van der Waals surface area contributed by atoms with Crippen LogP contribution in [0.15, 0.2) is 59.6 Å². The van der Waals surface area contributed by atoms with Gasteiger partial charge in [-0.2, -0.15) is 5.10 Å². The summed E-state index contributed by atoms with van der Waals surface area (Å²) in [4.78, 5) is 16.7. The minimum atomic E-state index is -3.45. The molecule has 0 atom stereocenters. The molecule has 0 unspecified atom stereocenters. The number of aryl methyl sites for hydroxylation is 1. The molecular weight excluding hydrogens is 388 g/mol. The van der Waals surface area contributed by atoms with Crippen molar-refractivity contribution < 1.29 is 13.2 Å². The maximum atomic E-state index is 12.3. The Hall–Kier alpha value is -3.00. The number of rotatable bonds is 8. The number of sulfone groups is 1. The van der Waals surface area contributed by atoms with Gasteiger partial charge >= 0.3 is 0 Å². The maximum Gasteiger partial charge on any atom is 0.221 e. The Kier molecular flexibility index (Phi) is 6.43. The molecule has 2 aromatic heterocycles. The van der Waals surface area contributed by atoms with E-state index in [-0.39, 0.29) is 23.0 Å². The second kappa shape index (κ2) is 9.00. The maximum absolute atomic E-state index is 12.3. The van der Waals surface area contributed by atoms with Gasteiger partial charge in [0.25, 0.3) is 0 Å². The molecule has 152 valence electrons. The molecule has 0 saturated heterocycles. The van der Waals surface area contributed by atoms with Gasteiger partial charge in [0.05, 0.1) is 16.3 Å². The van der Waals surface area contributed by atoms with Gasteiger partial charge in [0.15, 0.2) is 15.7 Å². The molecule has 2 heterocycles. The molecule has 0 saturated carbocycles. The van der Waals surface area contributed by atoms with Gasteiger partial charge in [0.2, 0.25) is 5.91 Å². The van der Waals surface area contributed by atoms with E-state index < -0.39 is 9.84 Å². The second-order valence-electron chi connectivity index (χ2n) is 6.73. The van der Waals surface area contributed by atoms with Crippen molar-refractivity contribution in [3.8, 4) is 5.82 Å². The van der Waals surface area contributed by atoms with Gasteiger partial charge < -0.3 is 5.32 Å². The number of carbonyl (C=O) groups excluding carboxylic acids is 1. The quantitative estimate of drug-likeness (QED) is 0.613. The van der Waals surface area contributed by atoms with E-state index in [4.69, 9.17) is 0 Å². The van der Waals surface area contributed by atoms with Crippen molar-refractivity contribution in [1.29, 1.82) is 0 Å². The molecule has 1 aromatic carbocycles. The van der Waals surface area contributed by atoms with Gasteiger partial charge in [-0.25, -0.2) is 18.1 Å². The third-order valence-corrected chi connectivity index (χ3v) is 6.44. The smallest absolute Gasteiger partial charge is 0.221 e. The van der Waals surface area contributed by atoms with Crippen LogP contribution in [0.1, 0.15) is 23.4 Å². The van der Waals surface area contributed by atoms with E-state index in [1.54, 1.807) is 29.1 Å². The van der Waals surface area contributed by atoms with Crippen LogP contribution >= 0.6 is 0 Å². The number of pyridine rings is 1. The predicted molar refractivity (Wildman–Crippen MR) is 111 cm³/mol. The molecule has 1 amide bonds. The third-order valence-electron chi connectivity index (χ3n) is 4.70. The van der Waals surface area contributed by atoms with Crippen molar-refractivity contribution in [2.24, 2.45) is 0 Å². The molecule has 3 rings (SSSR count). The Morgan fingerprint density at radius 3 is 2.48 bits per heavy atom. The van der Waals surface area contributed by atoms with Crippen LogP contribution in [0.25, 0.3) is 5.82 Å². The molecule has 8 heteroatoms. The van der Waals surface area contributed by atoms with Gasteiger partial charge in [-0.15, -0.1) is 0 Å². The van der Waals surface area contributed by atoms with Crippen LogP contribution in [0.4, 0.5) is 0 Å². The zero-order chi connectivity index (χ0) is 20.9. The Bertz CT molecular complexity index is 1080. The van der Waals surface area contributed by atoms with Crippen LogP contribution in [0.5, 0.6) is 0 Å². The average molecular weight is 413 g/mol. The van der Waals surface area contributed by atoms with E-state index in [2.05, 4.69) is 15.4 Å². The Labute approximate surface area is 170 Å². The summed E-state index contributed by atoms with van der Waals surface area (Å²) in [5, 5.41) is 7.35. The fourth-order valence-corrected chi connectivity index (χ4v) is 4.39. The van der Waals surface area contributed by atoms with Crippen molar-refractivity contribution >= 4 is 15.7 Å². The zero-order valence-corrected chi connectivity index (χ0v) is 17.3. The van der Waals surface area contributed by atoms with Crippen LogP contribution < -0.4 is 5.32 Å². The molecule has 0 spiro atoms. The summed E-state index contributed by atoms with van der Waals surface area (Å²) in [7, 11) is -3.45. The molecule has 0 aliphatic carbocycles. The molecule has 0 aliphatic rings. The highest BCUT2D eigenvalue weighted by atomic mass is 32.2. The molecule has 0 fully saturated rings. The number of nitrogens with zero attached hydrogens (tertiary/aromatic N) is 3. The molecule has 1 N–H and O–H groups in total. The lowest BCUT2D eigenvalue weighted by Gasteiger charge is -2.07. The summed E-state index contributed by atoms with van der Waals surface area (Å²) >= 11 is 0. The minimum Gasteiger partial charge on any atom is -0.356 e. The lowest BCUT2D eigenvalue weighted by molar-refractivity contribution is -0.120. The summed E-state index contributed by atoms with van der Waals surface area (Å²) in [6, 6.07) is 13.8. The number of amides is 1. The van der Waals surface area contributed by atoms with E-state index in [9.17, 15) is 13.2 Å². The van der Waals surface area contributed by atoms with Crippen molar-refractivity contribution in [3.05, 3.63) is 71.7 Å². The molecule has 0 radical (unpaired) electrons. The number of carbonyl (C=O) groups is 1. The summed E-state index contributed by atoms with van der Waals surface area (Å²) in [5.74, 6) is 0.254. The largest absolute Gasteiger partial charge is 0.356 e. The fourth-order valence-electron chi connectivity index (χ4n) is 3.13. The first-order chi connectivity index (χ1) is 13.9. The lowest BCUT2D eigenvalue weighted by Crippen LogP contribution is -2.27. The monoisotopic (exact) mass is 412 g/mol. The molecule has 0 bridgehead atoms. The summed E-state index contributed by atoms with van der Waals surface area (Å²) in [6.07, 6.45) is 2.26. The first-order valence-electron chi connectivity index (χ1n) is 9.39. The van der Waals surface area contributed by atoms with Gasteiger partial charge in [0.1, 0.15) is 0 Å². The van der Waals surface area contributed by atoms with Crippen LogP contribution in [0, 0.1) is 13.8 Å².